The molecule has 1 aliphatic heterocycles. The number of nitrogens with one attached hydrogen (secondary N) is 1. The van der Waals surface area contributed by atoms with E-state index in [1.54, 1.807) is 12.1 Å². The van der Waals surface area contributed by atoms with Gasteiger partial charge in [0.15, 0.2) is 0 Å². The van der Waals surface area contributed by atoms with Gasteiger partial charge in [0.1, 0.15) is 5.82 Å². The Balaban J connectivity index is 2.00. The Hall–Kier alpha value is -0.490. The zero-order chi connectivity index (χ0) is 13.0. The van der Waals surface area contributed by atoms with Crippen molar-refractivity contribution in [1.29, 1.82) is 0 Å². The highest BCUT2D eigenvalue weighted by Gasteiger charge is 2.20. The van der Waals surface area contributed by atoms with Crippen molar-refractivity contribution < 1.29 is 9.13 Å². The van der Waals surface area contributed by atoms with Crippen LogP contribution in [0.3, 0.4) is 0 Å². The smallest absolute Gasteiger partial charge is 0.128 e. The minimum absolute atomic E-state index is 0.174. The number of hydrogen-bond acceptors (Lipinski definition) is 3. The lowest BCUT2D eigenvalue weighted by molar-refractivity contribution is 0.0995. The molecule has 3 nitrogen and oxygen atoms in total. The molecule has 0 bridgehead atoms. The van der Waals surface area contributed by atoms with Crippen LogP contribution in [0.1, 0.15) is 37.3 Å². The summed E-state index contributed by atoms with van der Waals surface area (Å²) in [6, 6.07) is 4.74. The average Bonchev–Trinajstić information content (AvgIpc) is 2.87. The summed E-state index contributed by atoms with van der Waals surface area (Å²) in [7, 11) is 0. The minimum Gasteiger partial charge on any atom is -0.378 e. The summed E-state index contributed by atoms with van der Waals surface area (Å²) in [5.41, 5.74) is 3.30. The van der Waals surface area contributed by atoms with Crippen molar-refractivity contribution >= 4 is 15.9 Å². The van der Waals surface area contributed by atoms with Gasteiger partial charge < -0.3 is 4.74 Å². The first-order valence-corrected chi connectivity index (χ1v) is 7.02. The third-order valence-corrected chi connectivity index (χ3v) is 3.83. The van der Waals surface area contributed by atoms with Gasteiger partial charge in [-0.15, -0.1) is 0 Å². The summed E-state index contributed by atoms with van der Waals surface area (Å²) < 4.78 is 20.2. The van der Waals surface area contributed by atoms with E-state index in [4.69, 9.17) is 10.6 Å². The molecular formula is C13H18BrFN2O. The second-order valence-electron chi connectivity index (χ2n) is 4.60. The maximum absolute atomic E-state index is 13.8. The van der Waals surface area contributed by atoms with E-state index in [1.807, 2.05) is 0 Å². The fourth-order valence-electron chi connectivity index (χ4n) is 2.33. The fraction of sp³-hybridized carbons (Fsp3) is 0.538. The Morgan fingerprint density at radius 1 is 1.56 bits per heavy atom. The molecular weight excluding hydrogens is 299 g/mol. The Labute approximate surface area is 115 Å². The molecule has 1 aliphatic rings. The Morgan fingerprint density at radius 3 is 3.06 bits per heavy atom. The Bertz CT molecular complexity index is 397. The summed E-state index contributed by atoms with van der Waals surface area (Å²) >= 11 is 3.35. The van der Waals surface area contributed by atoms with Crippen LogP contribution < -0.4 is 11.3 Å². The standard InChI is InChI=1S/C13H18BrFN2O/c14-9-3-5-12(15)11(8-9)13(17-16)6-4-10-2-1-7-18-10/h3,5,8,10,13,17H,1-2,4,6-7,16H2. The van der Waals surface area contributed by atoms with Gasteiger partial charge >= 0.3 is 0 Å². The largest absolute Gasteiger partial charge is 0.378 e. The van der Waals surface area contributed by atoms with Gasteiger partial charge in [0, 0.05) is 22.7 Å². The van der Waals surface area contributed by atoms with Crippen LogP contribution in [-0.2, 0) is 4.74 Å². The molecule has 1 aromatic carbocycles. The minimum atomic E-state index is -0.228. The highest BCUT2D eigenvalue weighted by atomic mass is 79.9. The van der Waals surface area contributed by atoms with Gasteiger partial charge in [-0.1, -0.05) is 15.9 Å². The monoisotopic (exact) mass is 316 g/mol. The van der Waals surface area contributed by atoms with Crippen LogP contribution in [0.15, 0.2) is 22.7 Å². The third-order valence-electron chi connectivity index (χ3n) is 3.34. The molecule has 0 saturated carbocycles. The first-order chi connectivity index (χ1) is 8.70. The Morgan fingerprint density at radius 2 is 2.39 bits per heavy atom. The maximum Gasteiger partial charge on any atom is 0.128 e. The first-order valence-electron chi connectivity index (χ1n) is 6.23. The first kappa shape index (κ1) is 13.9. The topological polar surface area (TPSA) is 47.3 Å². The van der Waals surface area contributed by atoms with Gasteiger partial charge in [-0.25, -0.2) is 4.39 Å². The van der Waals surface area contributed by atoms with Crippen molar-refractivity contribution in [2.24, 2.45) is 5.84 Å². The lowest BCUT2D eigenvalue weighted by Crippen LogP contribution is -2.29. The second-order valence-corrected chi connectivity index (χ2v) is 5.51. The normalized spacial score (nSPS) is 21.2. The van der Waals surface area contributed by atoms with E-state index < -0.39 is 0 Å². The lowest BCUT2D eigenvalue weighted by Gasteiger charge is -2.19. The predicted molar refractivity (Wildman–Crippen MR) is 72.4 cm³/mol. The van der Waals surface area contributed by atoms with E-state index in [0.717, 1.165) is 36.8 Å². The fourth-order valence-corrected chi connectivity index (χ4v) is 2.71. The number of halogens is 2. The van der Waals surface area contributed by atoms with Crippen LogP contribution >= 0.6 is 15.9 Å². The lowest BCUT2D eigenvalue weighted by atomic mass is 9.99. The van der Waals surface area contributed by atoms with Crippen molar-refractivity contribution in [2.45, 2.75) is 37.8 Å². The predicted octanol–water partition coefficient (Wildman–Crippen LogP) is 3.05. The molecule has 3 N–H and O–H groups in total. The summed E-state index contributed by atoms with van der Waals surface area (Å²) in [5.74, 6) is 5.31. The van der Waals surface area contributed by atoms with Crippen LogP contribution in [0.5, 0.6) is 0 Å². The highest BCUT2D eigenvalue weighted by Crippen LogP contribution is 2.27. The number of nitrogens with two attached hydrogens (primary N) is 1. The van der Waals surface area contributed by atoms with E-state index in [1.165, 1.54) is 6.07 Å². The number of benzene rings is 1. The number of hydrogen-bond donors (Lipinski definition) is 2. The van der Waals surface area contributed by atoms with Gasteiger partial charge in [0.25, 0.3) is 0 Å². The van der Waals surface area contributed by atoms with Gasteiger partial charge in [0.2, 0.25) is 0 Å². The second kappa shape index (κ2) is 6.61. The third kappa shape index (κ3) is 3.51. The zero-order valence-electron chi connectivity index (χ0n) is 10.2. The zero-order valence-corrected chi connectivity index (χ0v) is 11.7. The quantitative estimate of drug-likeness (QED) is 0.648. The van der Waals surface area contributed by atoms with Crippen LogP contribution in [0.2, 0.25) is 0 Å². The SMILES string of the molecule is NNC(CCC1CCCO1)c1cc(Br)ccc1F. The molecule has 5 heteroatoms. The molecule has 0 aromatic heterocycles. The van der Waals surface area contributed by atoms with Gasteiger partial charge in [-0.3, -0.25) is 11.3 Å². The van der Waals surface area contributed by atoms with Crippen molar-refractivity contribution in [3.05, 3.63) is 34.1 Å². The molecule has 0 aliphatic carbocycles. The number of ether oxygens (including phenoxy) is 1. The molecule has 2 atom stereocenters. The van der Waals surface area contributed by atoms with E-state index >= 15 is 0 Å². The summed E-state index contributed by atoms with van der Waals surface area (Å²) in [4.78, 5) is 0. The van der Waals surface area contributed by atoms with Crippen molar-refractivity contribution in [2.75, 3.05) is 6.61 Å². The highest BCUT2D eigenvalue weighted by molar-refractivity contribution is 9.10. The van der Waals surface area contributed by atoms with Crippen molar-refractivity contribution in [3.8, 4) is 0 Å². The molecule has 2 rings (SSSR count). The van der Waals surface area contributed by atoms with Gasteiger partial charge in [-0.2, -0.15) is 0 Å². The summed E-state index contributed by atoms with van der Waals surface area (Å²) in [6.45, 7) is 0.844. The molecule has 0 amide bonds. The van der Waals surface area contributed by atoms with Crippen LogP contribution in [-0.4, -0.2) is 12.7 Å². The van der Waals surface area contributed by atoms with E-state index in [9.17, 15) is 4.39 Å². The molecule has 1 fully saturated rings. The van der Waals surface area contributed by atoms with Crippen molar-refractivity contribution in [1.82, 2.24) is 5.43 Å². The van der Waals surface area contributed by atoms with Crippen LogP contribution in [0.4, 0.5) is 4.39 Å². The molecule has 1 aromatic rings. The Kier molecular flexibility index (Phi) is 5.12. The molecule has 1 saturated heterocycles. The van der Waals surface area contributed by atoms with E-state index in [2.05, 4.69) is 21.4 Å². The summed E-state index contributed by atoms with van der Waals surface area (Å²) in [6.07, 6.45) is 4.20. The molecule has 0 radical (unpaired) electrons. The van der Waals surface area contributed by atoms with E-state index in [0.29, 0.717) is 11.7 Å². The van der Waals surface area contributed by atoms with Crippen LogP contribution in [0, 0.1) is 5.82 Å². The summed E-state index contributed by atoms with van der Waals surface area (Å²) in [5, 5.41) is 0. The average molecular weight is 317 g/mol. The number of hydrazine groups is 1. The van der Waals surface area contributed by atoms with Crippen molar-refractivity contribution in [3.63, 3.8) is 0 Å². The molecule has 2 unspecified atom stereocenters. The van der Waals surface area contributed by atoms with Crippen LogP contribution in [0.25, 0.3) is 0 Å². The molecule has 1 heterocycles. The molecule has 0 spiro atoms. The van der Waals surface area contributed by atoms with Gasteiger partial charge in [-0.05, 0) is 43.9 Å². The maximum atomic E-state index is 13.8. The van der Waals surface area contributed by atoms with Gasteiger partial charge in [0.05, 0.1) is 6.10 Å². The number of rotatable bonds is 5. The molecule has 18 heavy (non-hydrogen) atoms. The molecule has 100 valence electrons. The van der Waals surface area contributed by atoms with E-state index in [-0.39, 0.29) is 11.9 Å².